The summed E-state index contributed by atoms with van der Waals surface area (Å²) in [7, 11) is 0. The molecule has 8 nitrogen and oxygen atoms in total. The van der Waals surface area contributed by atoms with E-state index in [9.17, 15) is 0 Å². The Morgan fingerprint density at radius 3 is 2.00 bits per heavy atom. The van der Waals surface area contributed by atoms with E-state index in [0.717, 1.165) is 42.4 Å². The zero-order valence-corrected chi connectivity index (χ0v) is 17.7. The molecule has 0 amide bonds. The number of ether oxygens (including phenoxy) is 3. The Kier molecular flexibility index (Phi) is 9.62. The summed E-state index contributed by atoms with van der Waals surface area (Å²) in [5.74, 6) is 0. The maximum absolute atomic E-state index is 9.01. The molecule has 2 aromatic rings. The van der Waals surface area contributed by atoms with Crippen LogP contribution in [0.5, 0.6) is 0 Å². The number of hydrogen-bond acceptors (Lipinski definition) is 8. The van der Waals surface area contributed by atoms with E-state index in [1.807, 2.05) is 30.3 Å². The standard InChI is InChI=1S/C22H32N4O4/c1-2-25-9-11-28-13-14-29-12-10-26(17-30-18-27)16-20-6-4-8-22(24-20)21-7-3-5-19(15-25)23-21/h3-8,27H,2,9-18H2,1H3. The predicted molar refractivity (Wildman–Crippen MR) is 114 cm³/mol. The molecule has 164 valence electrons. The van der Waals surface area contributed by atoms with Gasteiger partial charge in [0, 0.05) is 26.2 Å². The lowest BCUT2D eigenvalue weighted by molar-refractivity contribution is -0.0640. The molecule has 8 heteroatoms. The number of rotatable bonds is 4. The highest BCUT2D eigenvalue weighted by atomic mass is 16.6. The SMILES string of the molecule is CCN1CCOCCOCCN(COCO)Cc2cccc(n2)-c2cccc(n2)C1. The van der Waals surface area contributed by atoms with Crippen molar-refractivity contribution in [3.63, 3.8) is 0 Å². The van der Waals surface area contributed by atoms with Crippen molar-refractivity contribution in [2.45, 2.75) is 20.0 Å². The second-order valence-electron chi connectivity index (χ2n) is 7.14. The van der Waals surface area contributed by atoms with Gasteiger partial charge in [-0.2, -0.15) is 0 Å². The topological polar surface area (TPSA) is 80.2 Å². The summed E-state index contributed by atoms with van der Waals surface area (Å²) in [5, 5.41) is 9.01. The first-order valence-corrected chi connectivity index (χ1v) is 10.5. The molecule has 3 rings (SSSR count). The van der Waals surface area contributed by atoms with Gasteiger partial charge in [0.05, 0.1) is 49.2 Å². The molecule has 0 fully saturated rings. The van der Waals surface area contributed by atoms with E-state index in [4.69, 9.17) is 29.3 Å². The summed E-state index contributed by atoms with van der Waals surface area (Å²) in [5.41, 5.74) is 3.65. The number of aliphatic hydroxyl groups is 1. The second-order valence-corrected chi connectivity index (χ2v) is 7.14. The lowest BCUT2D eigenvalue weighted by atomic mass is 10.2. The zero-order valence-electron chi connectivity index (χ0n) is 17.7. The third kappa shape index (κ3) is 7.39. The van der Waals surface area contributed by atoms with Gasteiger partial charge >= 0.3 is 0 Å². The molecule has 30 heavy (non-hydrogen) atoms. The molecular formula is C22H32N4O4. The van der Waals surface area contributed by atoms with Crippen molar-refractivity contribution in [1.29, 1.82) is 0 Å². The van der Waals surface area contributed by atoms with Crippen LogP contribution in [-0.2, 0) is 27.3 Å². The van der Waals surface area contributed by atoms with Gasteiger partial charge in [0.1, 0.15) is 13.5 Å². The number of pyridine rings is 2. The van der Waals surface area contributed by atoms with Crippen LogP contribution < -0.4 is 0 Å². The van der Waals surface area contributed by atoms with Gasteiger partial charge in [-0.15, -0.1) is 0 Å². The number of aromatic nitrogens is 2. The largest absolute Gasteiger partial charge is 0.378 e. The van der Waals surface area contributed by atoms with Crippen molar-refractivity contribution in [1.82, 2.24) is 19.8 Å². The third-order valence-electron chi connectivity index (χ3n) is 4.94. The Balaban J connectivity index is 1.81. The summed E-state index contributed by atoms with van der Waals surface area (Å²) in [4.78, 5) is 14.0. The lowest BCUT2D eigenvalue weighted by Gasteiger charge is -2.22. The number of aliphatic hydroxyl groups excluding tert-OH is 1. The Labute approximate surface area is 178 Å². The van der Waals surface area contributed by atoms with Crippen LogP contribution in [0, 0.1) is 0 Å². The van der Waals surface area contributed by atoms with Gasteiger partial charge in [0.15, 0.2) is 0 Å². The fourth-order valence-corrected chi connectivity index (χ4v) is 3.30. The van der Waals surface area contributed by atoms with E-state index in [0.29, 0.717) is 46.2 Å². The average Bonchev–Trinajstić information content (AvgIpc) is 2.78. The molecule has 0 saturated carbocycles. The van der Waals surface area contributed by atoms with Crippen molar-refractivity contribution in [2.24, 2.45) is 0 Å². The van der Waals surface area contributed by atoms with Crippen LogP contribution in [0.2, 0.25) is 0 Å². The molecule has 0 spiro atoms. The minimum Gasteiger partial charge on any atom is -0.378 e. The van der Waals surface area contributed by atoms with E-state index >= 15 is 0 Å². The van der Waals surface area contributed by atoms with Gasteiger partial charge < -0.3 is 19.3 Å². The van der Waals surface area contributed by atoms with Crippen LogP contribution in [0.3, 0.4) is 0 Å². The molecule has 1 N–H and O–H groups in total. The van der Waals surface area contributed by atoms with E-state index in [1.54, 1.807) is 0 Å². The summed E-state index contributed by atoms with van der Waals surface area (Å²) in [6, 6.07) is 12.1. The quantitative estimate of drug-likeness (QED) is 0.755. The van der Waals surface area contributed by atoms with Gasteiger partial charge in [0.2, 0.25) is 0 Å². The van der Waals surface area contributed by atoms with Gasteiger partial charge in [-0.25, -0.2) is 9.97 Å². The summed E-state index contributed by atoms with van der Waals surface area (Å²) >= 11 is 0. The Morgan fingerprint density at radius 1 is 0.867 bits per heavy atom. The first-order chi connectivity index (χ1) is 14.8. The van der Waals surface area contributed by atoms with Crippen molar-refractivity contribution >= 4 is 0 Å². The van der Waals surface area contributed by atoms with Gasteiger partial charge in [-0.05, 0) is 30.8 Å². The highest BCUT2D eigenvalue weighted by molar-refractivity contribution is 5.54. The van der Waals surface area contributed by atoms with Crippen LogP contribution in [-0.4, -0.2) is 84.5 Å². The highest BCUT2D eigenvalue weighted by Gasteiger charge is 2.11. The van der Waals surface area contributed by atoms with E-state index < -0.39 is 0 Å². The van der Waals surface area contributed by atoms with Crippen molar-refractivity contribution in [2.75, 3.05) is 59.6 Å². The maximum atomic E-state index is 9.01. The first-order valence-electron chi connectivity index (χ1n) is 10.5. The van der Waals surface area contributed by atoms with E-state index in [2.05, 4.69) is 22.8 Å². The number of fused-ring (bicyclic) bond motifs is 5. The molecule has 4 bridgehead atoms. The molecule has 2 aromatic heterocycles. The molecule has 3 heterocycles. The predicted octanol–water partition coefficient (Wildman–Crippen LogP) is 1.74. The molecule has 0 aliphatic carbocycles. The van der Waals surface area contributed by atoms with Crippen molar-refractivity contribution in [3.05, 3.63) is 47.8 Å². The summed E-state index contributed by atoms with van der Waals surface area (Å²) in [6.07, 6.45) is 0. The summed E-state index contributed by atoms with van der Waals surface area (Å²) in [6.45, 7) is 8.31. The smallest absolute Gasteiger partial charge is 0.145 e. The van der Waals surface area contributed by atoms with E-state index in [1.165, 1.54) is 0 Å². The first kappa shape index (κ1) is 22.7. The molecule has 0 aromatic carbocycles. The Hall–Kier alpha value is -1.94. The van der Waals surface area contributed by atoms with Gasteiger partial charge in [-0.1, -0.05) is 19.1 Å². The maximum Gasteiger partial charge on any atom is 0.145 e. The molecule has 0 saturated heterocycles. The van der Waals surface area contributed by atoms with E-state index in [-0.39, 0.29) is 6.79 Å². The average molecular weight is 417 g/mol. The number of nitrogens with zero attached hydrogens (tertiary/aromatic N) is 4. The minimum absolute atomic E-state index is 0.308. The molecule has 0 atom stereocenters. The number of hydrogen-bond donors (Lipinski definition) is 1. The second kappa shape index (κ2) is 12.7. The van der Waals surface area contributed by atoms with Crippen molar-refractivity contribution in [3.8, 4) is 11.4 Å². The van der Waals surface area contributed by atoms with Crippen LogP contribution in [0.25, 0.3) is 11.4 Å². The summed E-state index contributed by atoms with van der Waals surface area (Å²) < 4.78 is 16.6. The lowest BCUT2D eigenvalue weighted by Crippen LogP contribution is -2.31. The van der Waals surface area contributed by atoms with Crippen molar-refractivity contribution < 1.29 is 19.3 Å². The minimum atomic E-state index is -0.315. The Morgan fingerprint density at radius 2 is 1.43 bits per heavy atom. The fourth-order valence-electron chi connectivity index (χ4n) is 3.30. The number of likely N-dealkylation sites (N-methyl/N-ethyl adjacent to an activating group) is 1. The monoisotopic (exact) mass is 416 g/mol. The molecule has 1 aliphatic rings. The van der Waals surface area contributed by atoms with Gasteiger partial charge in [0.25, 0.3) is 0 Å². The zero-order chi connectivity index (χ0) is 21.0. The van der Waals surface area contributed by atoms with Gasteiger partial charge in [-0.3, -0.25) is 9.80 Å². The fraction of sp³-hybridized carbons (Fsp3) is 0.545. The Bertz CT molecular complexity index is 761. The van der Waals surface area contributed by atoms with Crippen LogP contribution in [0.15, 0.2) is 36.4 Å². The third-order valence-corrected chi connectivity index (χ3v) is 4.94. The molecule has 1 aliphatic heterocycles. The molecule has 0 radical (unpaired) electrons. The van der Waals surface area contributed by atoms with Crippen LogP contribution in [0.4, 0.5) is 0 Å². The molecular weight excluding hydrogens is 384 g/mol. The molecule has 0 unspecified atom stereocenters. The normalized spacial score (nSPS) is 17.9. The van der Waals surface area contributed by atoms with Crippen LogP contribution in [0.1, 0.15) is 18.3 Å². The highest BCUT2D eigenvalue weighted by Crippen LogP contribution is 2.17. The van der Waals surface area contributed by atoms with Crippen LogP contribution >= 0.6 is 0 Å².